The SMILES string of the molecule is Br.CNc1nnc(CC(=O)c2ccccc2)s1. The van der Waals surface area contributed by atoms with Crippen LogP contribution in [0.4, 0.5) is 5.13 Å². The lowest BCUT2D eigenvalue weighted by atomic mass is 10.1. The monoisotopic (exact) mass is 313 g/mol. The first-order valence-electron chi connectivity index (χ1n) is 4.88. The quantitative estimate of drug-likeness (QED) is 0.881. The van der Waals surface area contributed by atoms with Gasteiger partial charge in [-0.3, -0.25) is 4.79 Å². The Bertz CT molecular complexity index is 486. The van der Waals surface area contributed by atoms with Crippen molar-refractivity contribution < 1.29 is 4.79 Å². The molecule has 0 atom stereocenters. The third-order valence-electron chi connectivity index (χ3n) is 2.09. The molecule has 90 valence electrons. The smallest absolute Gasteiger partial charge is 0.205 e. The molecule has 0 aliphatic rings. The number of hydrogen-bond donors (Lipinski definition) is 1. The zero-order valence-electron chi connectivity index (χ0n) is 9.21. The van der Waals surface area contributed by atoms with E-state index in [0.29, 0.717) is 12.0 Å². The number of hydrogen-bond acceptors (Lipinski definition) is 5. The maximum absolute atomic E-state index is 11.8. The number of anilines is 1. The van der Waals surface area contributed by atoms with E-state index in [1.807, 2.05) is 30.3 Å². The number of carbonyl (C=O) groups excluding carboxylic acids is 1. The van der Waals surface area contributed by atoms with Crippen LogP contribution in [0.25, 0.3) is 0 Å². The summed E-state index contributed by atoms with van der Waals surface area (Å²) in [6.45, 7) is 0. The van der Waals surface area contributed by atoms with Crippen molar-refractivity contribution in [2.24, 2.45) is 0 Å². The van der Waals surface area contributed by atoms with Crippen LogP contribution in [-0.4, -0.2) is 23.0 Å². The normalized spacial score (nSPS) is 9.47. The van der Waals surface area contributed by atoms with Crippen LogP contribution in [0.1, 0.15) is 15.4 Å². The third-order valence-corrected chi connectivity index (χ3v) is 3.03. The second-order valence-corrected chi connectivity index (χ2v) is 4.28. The molecule has 0 spiro atoms. The molecule has 0 aliphatic heterocycles. The highest BCUT2D eigenvalue weighted by Crippen LogP contribution is 2.16. The average molecular weight is 314 g/mol. The number of nitrogens with zero attached hydrogens (tertiary/aromatic N) is 2. The molecule has 1 N–H and O–H groups in total. The van der Waals surface area contributed by atoms with Gasteiger partial charge in [-0.15, -0.1) is 27.2 Å². The van der Waals surface area contributed by atoms with Crippen LogP contribution in [0.15, 0.2) is 30.3 Å². The molecule has 2 aromatic rings. The Balaban J connectivity index is 0.00000144. The second kappa shape index (κ2) is 6.46. The summed E-state index contributed by atoms with van der Waals surface area (Å²) in [4.78, 5) is 11.8. The van der Waals surface area contributed by atoms with Crippen molar-refractivity contribution in [3.8, 4) is 0 Å². The molecule has 0 saturated heterocycles. The zero-order valence-corrected chi connectivity index (χ0v) is 11.7. The first-order chi connectivity index (χ1) is 7.79. The van der Waals surface area contributed by atoms with E-state index in [0.717, 1.165) is 10.1 Å². The Hall–Kier alpha value is -1.27. The minimum Gasteiger partial charge on any atom is -0.363 e. The molecule has 0 saturated carbocycles. The Morgan fingerprint density at radius 2 is 2.00 bits per heavy atom. The fourth-order valence-electron chi connectivity index (χ4n) is 1.29. The van der Waals surface area contributed by atoms with Crippen molar-refractivity contribution in [2.45, 2.75) is 6.42 Å². The number of rotatable bonds is 4. The summed E-state index contributed by atoms with van der Waals surface area (Å²) in [5, 5.41) is 12.2. The minimum absolute atomic E-state index is 0. The molecule has 2 rings (SSSR count). The first kappa shape index (κ1) is 13.8. The molecule has 17 heavy (non-hydrogen) atoms. The van der Waals surface area contributed by atoms with Crippen molar-refractivity contribution in [1.29, 1.82) is 0 Å². The molecule has 4 nitrogen and oxygen atoms in total. The summed E-state index contributed by atoms with van der Waals surface area (Å²) in [7, 11) is 1.78. The maximum atomic E-state index is 11.8. The molecule has 1 aromatic carbocycles. The largest absolute Gasteiger partial charge is 0.363 e. The van der Waals surface area contributed by atoms with Gasteiger partial charge in [0.05, 0.1) is 6.42 Å². The average Bonchev–Trinajstić information content (AvgIpc) is 2.78. The summed E-state index contributed by atoms with van der Waals surface area (Å²) in [6.07, 6.45) is 0.309. The van der Waals surface area contributed by atoms with E-state index < -0.39 is 0 Å². The van der Waals surface area contributed by atoms with E-state index in [4.69, 9.17) is 0 Å². The second-order valence-electron chi connectivity index (χ2n) is 3.22. The van der Waals surface area contributed by atoms with E-state index in [-0.39, 0.29) is 22.8 Å². The molecule has 0 fully saturated rings. The van der Waals surface area contributed by atoms with Crippen LogP contribution in [0.3, 0.4) is 0 Å². The van der Waals surface area contributed by atoms with Gasteiger partial charge >= 0.3 is 0 Å². The van der Waals surface area contributed by atoms with Crippen molar-refractivity contribution in [2.75, 3.05) is 12.4 Å². The highest BCUT2D eigenvalue weighted by atomic mass is 79.9. The Kier molecular flexibility index (Phi) is 5.24. The maximum Gasteiger partial charge on any atom is 0.205 e. The topological polar surface area (TPSA) is 54.9 Å². The number of aromatic nitrogens is 2. The molecule has 1 aromatic heterocycles. The number of Topliss-reactive ketones (excluding diaryl/α,β-unsaturated/α-hetero) is 1. The summed E-state index contributed by atoms with van der Waals surface area (Å²) < 4.78 is 0. The molecular formula is C11H12BrN3OS. The van der Waals surface area contributed by atoms with E-state index in [1.54, 1.807) is 7.05 Å². The van der Waals surface area contributed by atoms with Crippen molar-refractivity contribution in [3.05, 3.63) is 40.9 Å². The van der Waals surface area contributed by atoms with Gasteiger partial charge in [0.15, 0.2) is 5.78 Å². The van der Waals surface area contributed by atoms with Gasteiger partial charge in [-0.25, -0.2) is 0 Å². The number of benzene rings is 1. The molecule has 1 heterocycles. The van der Waals surface area contributed by atoms with Crippen LogP contribution in [0, 0.1) is 0 Å². The Morgan fingerprint density at radius 3 is 2.59 bits per heavy atom. The van der Waals surface area contributed by atoms with Gasteiger partial charge in [0, 0.05) is 12.6 Å². The molecule has 6 heteroatoms. The van der Waals surface area contributed by atoms with Gasteiger partial charge < -0.3 is 5.32 Å². The van der Waals surface area contributed by atoms with Crippen LogP contribution >= 0.6 is 28.3 Å². The number of ketones is 1. The van der Waals surface area contributed by atoms with E-state index >= 15 is 0 Å². The van der Waals surface area contributed by atoms with Crippen molar-refractivity contribution >= 4 is 39.2 Å². The molecule has 0 radical (unpaired) electrons. The first-order valence-corrected chi connectivity index (χ1v) is 5.69. The van der Waals surface area contributed by atoms with Gasteiger partial charge in [0.1, 0.15) is 5.01 Å². The zero-order chi connectivity index (χ0) is 11.4. The lowest BCUT2D eigenvalue weighted by molar-refractivity contribution is 0.0992. The van der Waals surface area contributed by atoms with E-state index in [1.165, 1.54) is 11.3 Å². The standard InChI is InChI=1S/C11H11N3OS.BrH/c1-12-11-14-13-10(16-11)7-9(15)8-5-3-2-4-6-8;/h2-6H,7H2,1H3,(H,12,14);1H. The number of nitrogens with one attached hydrogen (secondary N) is 1. The van der Waals surface area contributed by atoms with Crippen molar-refractivity contribution in [3.63, 3.8) is 0 Å². The van der Waals surface area contributed by atoms with E-state index in [2.05, 4.69) is 15.5 Å². The van der Waals surface area contributed by atoms with Gasteiger partial charge in [-0.05, 0) is 0 Å². The fraction of sp³-hybridized carbons (Fsp3) is 0.182. The van der Waals surface area contributed by atoms with Crippen molar-refractivity contribution in [1.82, 2.24) is 10.2 Å². The molecule has 0 bridgehead atoms. The molecular weight excluding hydrogens is 302 g/mol. The Labute approximate surface area is 114 Å². The van der Waals surface area contributed by atoms with Crippen LogP contribution in [0.5, 0.6) is 0 Å². The highest BCUT2D eigenvalue weighted by Gasteiger charge is 2.10. The van der Waals surface area contributed by atoms with Crippen LogP contribution in [-0.2, 0) is 6.42 Å². The fourth-order valence-corrected chi connectivity index (χ4v) is 1.98. The summed E-state index contributed by atoms with van der Waals surface area (Å²) in [6, 6.07) is 9.21. The number of carbonyl (C=O) groups is 1. The lowest BCUT2D eigenvalue weighted by Gasteiger charge is -1.96. The predicted molar refractivity (Wildman–Crippen MR) is 74.3 cm³/mol. The van der Waals surface area contributed by atoms with Gasteiger partial charge in [-0.2, -0.15) is 0 Å². The molecule has 0 amide bonds. The molecule has 0 unspecified atom stereocenters. The molecule has 0 aliphatic carbocycles. The van der Waals surface area contributed by atoms with Gasteiger partial charge in [-0.1, -0.05) is 41.7 Å². The van der Waals surface area contributed by atoms with Gasteiger partial charge in [0.2, 0.25) is 5.13 Å². The third kappa shape index (κ3) is 3.61. The lowest BCUT2D eigenvalue weighted by Crippen LogP contribution is -2.02. The summed E-state index contributed by atoms with van der Waals surface area (Å²) in [5.74, 6) is 0.0689. The highest BCUT2D eigenvalue weighted by molar-refractivity contribution is 8.93. The predicted octanol–water partition coefficient (Wildman–Crippen LogP) is 2.58. The van der Waals surface area contributed by atoms with Crippen LogP contribution < -0.4 is 5.32 Å². The Morgan fingerprint density at radius 1 is 1.29 bits per heavy atom. The van der Waals surface area contributed by atoms with E-state index in [9.17, 15) is 4.79 Å². The van der Waals surface area contributed by atoms with Gasteiger partial charge in [0.25, 0.3) is 0 Å². The summed E-state index contributed by atoms with van der Waals surface area (Å²) in [5.41, 5.74) is 0.712. The number of halogens is 1. The summed E-state index contributed by atoms with van der Waals surface area (Å²) >= 11 is 1.40. The minimum atomic E-state index is 0. The van der Waals surface area contributed by atoms with Crippen LogP contribution in [0.2, 0.25) is 0 Å².